The molecule has 2 aliphatic heterocycles. The maximum atomic E-state index is 12.1. The third-order valence-electron chi connectivity index (χ3n) is 4.25. The minimum absolute atomic E-state index is 0.0690. The minimum atomic E-state index is -0.0690. The highest BCUT2D eigenvalue weighted by atomic mass is 16.5. The Morgan fingerprint density at radius 2 is 2.20 bits per heavy atom. The Bertz CT molecular complexity index is 354. The van der Waals surface area contributed by atoms with E-state index in [1.807, 2.05) is 0 Å². The number of rotatable bonds is 6. The lowest BCUT2D eigenvalue weighted by Gasteiger charge is -2.32. The van der Waals surface area contributed by atoms with Gasteiger partial charge >= 0.3 is 0 Å². The maximum absolute atomic E-state index is 12.1. The van der Waals surface area contributed by atoms with Gasteiger partial charge in [-0.3, -0.25) is 9.59 Å². The standard InChI is InChI=1S/C14H25N3O3/c1-20-8-2-5-16-12(18)10-17-11-14(9-13(17)19)3-6-15-7-4-14/h15H,2-11H2,1H3,(H,16,18). The first kappa shape index (κ1) is 15.3. The summed E-state index contributed by atoms with van der Waals surface area (Å²) in [5.74, 6) is 0.0550. The molecule has 0 aromatic rings. The molecular weight excluding hydrogens is 258 g/mol. The first-order valence-corrected chi connectivity index (χ1v) is 7.39. The van der Waals surface area contributed by atoms with Gasteiger partial charge in [0, 0.05) is 33.2 Å². The van der Waals surface area contributed by atoms with Gasteiger partial charge in [0.25, 0.3) is 0 Å². The highest BCUT2D eigenvalue weighted by Crippen LogP contribution is 2.38. The number of methoxy groups -OCH3 is 1. The summed E-state index contributed by atoms with van der Waals surface area (Å²) in [5.41, 5.74) is 0.110. The third-order valence-corrected chi connectivity index (χ3v) is 4.25. The van der Waals surface area contributed by atoms with Crippen LogP contribution in [0.4, 0.5) is 0 Å². The average Bonchev–Trinajstić information content (AvgIpc) is 2.71. The van der Waals surface area contributed by atoms with Gasteiger partial charge in [0.1, 0.15) is 0 Å². The molecule has 0 atom stereocenters. The van der Waals surface area contributed by atoms with Crippen molar-refractivity contribution in [2.45, 2.75) is 25.7 Å². The van der Waals surface area contributed by atoms with Crippen molar-refractivity contribution in [2.24, 2.45) is 5.41 Å². The fraction of sp³-hybridized carbons (Fsp3) is 0.857. The van der Waals surface area contributed by atoms with E-state index in [4.69, 9.17) is 4.74 Å². The molecule has 2 fully saturated rings. The molecule has 6 heteroatoms. The van der Waals surface area contributed by atoms with Crippen molar-refractivity contribution in [2.75, 3.05) is 46.4 Å². The second kappa shape index (κ2) is 7.04. The fourth-order valence-electron chi connectivity index (χ4n) is 3.09. The van der Waals surface area contributed by atoms with Gasteiger partial charge in [0.15, 0.2) is 0 Å². The summed E-state index contributed by atoms with van der Waals surface area (Å²) in [6.07, 6.45) is 3.47. The number of nitrogens with zero attached hydrogens (tertiary/aromatic N) is 1. The molecule has 20 heavy (non-hydrogen) atoms. The van der Waals surface area contributed by atoms with Crippen LogP contribution in [0, 0.1) is 5.41 Å². The van der Waals surface area contributed by atoms with Crippen LogP contribution in [0.25, 0.3) is 0 Å². The second-order valence-corrected chi connectivity index (χ2v) is 5.87. The van der Waals surface area contributed by atoms with Gasteiger partial charge in [-0.2, -0.15) is 0 Å². The zero-order valence-corrected chi connectivity index (χ0v) is 12.2. The van der Waals surface area contributed by atoms with Gasteiger partial charge in [-0.15, -0.1) is 0 Å². The Morgan fingerprint density at radius 3 is 2.90 bits per heavy atom. The van der Waals surface area contributed by atoms with Crippen molar-refractivity contribution in [3.8, 4) is 0 Å². The maximum Gasteiger partial charge on any atom is 0.239 e. The molecule has 0 unspecified atom stereocenters. The molecular formula is C14H25N3O3. The number of carbonyl (C=O) groups excluding carboxylic acids is 2. The molecule has 114 valence electrons. The van der Waals surface area contributed by atoms with Gasteiger partial charge in [-0.25, -0.2) is 0 Å². The number of ether oxygens (including phenoxy) is 1. The molecule has 0 aromatic carbocycles. The van der Waals surface area contributed by atoms with Crippen LogP contribution in [-0.4, -0.2) is 63.2 Å². The van der Waals surface area contributed by atoms with Crippen molar-refractivity contribution in [3.05, 3.63) is 0 Å². The van der Waals surface area contributed by atoms with E-state index in [1.54, 1.807) is 12.0 Å². The van der Waals surface area contributed by atoms with Crippen molar-refractivity contribution < 1.29 is 14.3 Å². The summed E-state index contributed by atoms with van der Waals surface area (Å²) in [6.45, 7) is 4.12. The van der Waals surface area contributed by atoms with Crippen molar-refractivity contribution in [3.63, 3.8) is 0 Å². The summed E-state index contributed by atoms with van der Waals surface area (Å²) in [4.78, 5) is 25.6. The molecule has 0 bridgehead atoms. The lowest BCUT2D eigenvalue weighted by atomic mass is 9.78. The first-order valence-electron chi connectivity index (χ1n) is 7.39. The average molecular weight is 283 g/mol. The number of carbonyl (C=O) groups is 2. The molecule has 0 aromatic heterocycles. The molecule has 0 saturated carbocycles. The van der Waals surface area contributed by atoms with Gasteiger partial charge in [-0.05, 0) is 37.8 Å². The van der Waals surface area contributed by atoms with Crippen LogP contribution < -0.4 is 10.6 Å². The highest BCUT2D eigenvalue weighted by Gasteiger charge is 2.43. The van der Waals surface area contributed by atoms with E-state index in [2.05, 4.69) is 10.6 Å². The molecule has 1 spiro atoms. The van der Waals surface area contributed by atoms with Gasteiger partial charge in [0.2, 0.25) is 11.8 Å². The molecule has 6 nitrogen and oxygen atoms in total. The second-order valence-electron chi connectivity index (χ2n) is 5.87. The molecule has 2 rings (SSSR count). The topological polar surface area (TPSA) is 70.7 Å². The largest absolute Gasteiger partial charge is 0.385 e. The Labute approximate surface area is 120 Å². The van der Waals surface area contributed by atoms with Crippen molar-refractivity contribution in [1.82, 2.24) is 15.5 Å². The monoisotopic (exact) mass is 283 g/mol. The molecule has 2 N–H and O–H groups in total. The summed E-state index contributed by atoms with van der Waals surface area (Å²) in [6, 6.07) is 0. The first-order chi connectivity index (χ1) is 9.65. The van der Waals surface area contributed by atoms with E-state index in [1.165, 1.54) is 0 Å². The van der Waals surface area contributed by atoms with Crippen LogP contribution in [0.1, 0.15) is 25.7 Å². The normalized spacial score (nSPS) is 21.4. The molecule has 2 aliphatic rings. The fourth-order valence-corrected chi connectivity index (χ4v) is 3.09. The Balaban J connectivity index is 1.75. The van der Waals surface area contributed by atoms with Gasteiger partial charge < -0.3 is 20.3 Å². The van der Waals surface area contributed by atoms with Crippen LogP contribution in [0.15, 0.2) is 0 Å². The van der Waals surface area contributed by atoms with E-state index < -0.39 is 0 Å². The lowest BCUT2D eigenvalue weighted by Crippen LogP contribution is -2.41. The van der Waals surface area contributed by atoms with Crippen LogP contribution in [0.5, 0.6) is 0 Å². The number of hydrogen-bond acceptors (Lipinski definition) is 4. The van der Waals surface area contributed by atoms with Crippen molar-refractivity contribution in [1.29, 1.82) is 0 Å². The highest BCUT2D eigenvalue weighted by molar-refractivity contribution is 5.86. The molecule has 0 aliphatic carbocycles. The molecule has 0 radical (unpaired) electrons. The van der Waals surface area contributed by atoms with E-state index in [0.29, 0.717) is 19.6 Å². The van der Waals surface area contributed by atoms with Crippen LogP contribution in [-0.2, 0) is 14.3 Å². The van der Waals surface area contributed by atoms with E-state index in [0.717, 1.165) is 38.9 Å². The number of hydrogen-bond donors (Lipinski definition) is 2. The van der Waals surface area contributed by atoms with E-state index >= 15 is 0 Å². The smallest absolute Gasteiger partial charge is 0.239 e. The van der Waals surface area contributed by atoms with Gasteiger partial charge in [-0.1, -0.05) is 0 Å². The molecule has 2 saturated heterocycles. The SMILES string of the molecule is COCCCNC(=O)CN1CC2(CCNCC2)CC1=O. The third kappa shape index (κ3) is 3.93. The lowest BCUT2D eigenvalue weighted by molar-refractivity contribution is -0.133. The summed E-state index contributed by atoms with van der Waals surface area (Å²) in [7, 11) is 1.64. The predicted octanol–water partition coefficient (Wildman–Crippen LogP) is -0.259. The predicted molar refractivity (Wildman–Crippen MR) is 75.2 cm³/mol. The number of piperidine rings is 1. The zero-order valence-electron chi connectivity index (χ0n) is 12.2. The Hall–Kier alpha value is -1.14. The van der Waals surface area contributed by atoms with Crippen LogP contribution in [0.2, 0.25) is 0 Å². The van der Waals surface area contributed by atoms with E-state index in [9.17, 15) is 9.59 Å². The van der Waals surface area contributed by atoms with E-state index in [-0.39, 0.29) is 23.8 Å². The Kier molecular flexibility index (Phi) is 5.37. The number of nitrogens with one attached hydrogen (secondary N) is 2. The summed E-state index contributed by atoms with van der Waals surface area (Å²) >= 11 is 0. The Morgan fingerprint density at radius 1 is 1.45 bits per heavy atom. The van der Waals surface area contributed by atoms with Crippen molar-refractivity contribution >= 4 is 11.8 Å². The zero-order chi connectivity index (χ0) is 14.4. The number of likely N-dealkylation sites (tertiary alicyclic amines) is 1. The molecule has 2 heterocycles. The summed E-state index contributed by atoms with van der Waals surface area (Å²) in [5, 5.41) is 6.16. The number of amides is 2. The van der Waals surface area contributed by atoms with Crippen LogP contribution in [0.3, 0.4) is 0 Å². The summed E-state index contributed by atoms with van der Waals surface area (Å²) < 4.78 is 4.93. The van der Waals surface area contributed by atoms with Gasteiger partial charge in [0.05, 0.1) is 6.54 Å². The quantitative estimate of drug-likeness (QED) is 0.659. The minimum Gasteiger partial charge on any atom is -0.385 e. The van der Waals surface area contributed by atoms with Crippen LogP contribution >= 0.6 is 0 Å². The molecule has 2 amide bonds.